The molecule has 6 nitrogen and oxygen atoms in total. The molecule has 0 unspecified atom stereocenters. The van der Waals surface area contributed by atoms with Crippen LogP contribution in [0.1, 0.15) is 19.4 Å². The first-order chi connectivity index (χ1) is 13.3. The fourth-order valence-electron chi connectivity index (χ4n) is 3.74. The Morgan fingerprint density at radius 2 is 1.93 bits per heavy atom. The SMILES string of the molecule is CC(C)(COC(N)=O)c1cc(O[C@@H]2[C@@H]3CNC[C@@H]32)nc(-c2ccc(F)cc2)c1. The maximum Gasteiger partial charge on any atom is 0.404 e. The Hall–Kier alpha value is -2.67. The van der Waals surface area contributed by atoms with Crippen molar-refractivity contribution in [2.24, 2.45) is 17.6 Å². The molecule has 2 aliphatic rings. The third-order valence-electron chi connectivity index (χ3n) is 5.57. The number of ether oxygens (including phenoxy) is 2. The van der Waals surface area contributed by atoms with Crippen molar-refractivity contribution in [3.8, 4) is 17.1 Å². The van der Waals surface area contributed by atoms with Gasteiger partial charge < -0.3 is 20.5 Å². The van der Waals surface area contributed by atoms with Gasteiger partial charge in [0.2, 0.25) is 5.88 Å². The summed E-state index contributed by atoms with van der Waals surface area (Å²) in [6, 6.07) is 9.99. The lowest BCUT2D eigenvalue weighted by atomic mass is 9.85. The highest BCUT2D eigenvalue weighted by atomic mass is 19.1. The number of hydrogen-bond acceptors (Lipinski definition) is 5. The van der Waals surface area contributed by atoms with Crippen LogP contribution in [0.3, 0.4) is 0 Å². The van der Waals surface area contributed by atoms with Gasteiger partial charge in [-0.15, -0.1) is 0 Å². The molecule has 0 bridgehead atoms. The third-order valence-corrected chi connectivity index (χ3v) is 5.57. The Balaban J connectivity index is 1.66. The number of carbonyl (C=O) groups excluding carboxylic acids is 1. The summed E-state index contributed by atoms with van der Waals surface area (Å²) in [7, 11) is 0. The number of benzene rings is 1. The van der Waals surface area contributed by atoms with Gasteiger partial charge in [-0.25, -0.2) is 14.2 Å². The number of amides is 1. The van der Waals surface area contributed by atoms with Gasteiger partial charge in [0, 0.05) is 42.0 Å². The normalized spacial score (nSPS) is 23.2. The first kappa shape index (κ1) is 18.7. The molecule has 1 saturated heterocycles. The van der Waals surface area contributed by atoms with Gasteiger partial charge in [-0.3, -0.25) is 0 Å². The van der Waals surface area contributed by atoms with E-state index >= 15 is 0 Å². The van der Waals surface area contributed by atoms with Crippen molar-refractivity contribution in [2.75, 3.05) is 19.7 Å². The molecule has 2 aromatic rings. The second kappa shape index (κ2) is 7.05. The minimum absolute atomic E-state index is 0.132. The van der Waals surface area contributed by atoms with Gasteiger partial charge in [-0.1, -0.05) is 13.8 Å². The van der Waals surface area contributed by atoms with Crippen LogP contribution < -0.4 is 15.8 Å². The number of rotatable bonds is 6. The minimum Gasteiger partial charge on any atom is -0.474 e. The van der Waals surface area contributed by atoms with Crippen molar-refractivity contribution in [3.05, 3.63) is 47.8 Å². The van der Waals surface area contributed by atoms with Gasteiger partial charge in [-0.05, 0) is 35.9 Å². The molecule has 1 saturated carbocycles. The molecular formula is C21H24FN3O3. The molecule has 4 rings (SSSR count). The number of halogens is 1. The van der Waals surface area contributed by atoms with Crippen LogP contribution in [0.5, 0.6) is 5.88 Å². The number of hydrogen-bond donors (Lipinski definition) is 2. The number of nitrogens with one attached hydrogen (secondary N) is 1. The number of aromatic nitrogens is 1. The summed E-state index contributed by atoms with van der Waals surface area (Å²) in [5.41, 5.74) is 7.01. The van der Waals surface area contributed by atoms with Crippen molar-refractivity contribution in [1.82, 2.24) is 10.3 Å². The van der Waals surface area contributed by atoms with Gasteiger partial charge >= 0.3 is 6.09 Å². The average molecular weight is 385 g/mol. The Morgan fingerprint density at radius 1 is 1.25 bits per heavy atom. The van der Waals surface area contributed by atoms with Crippen LogP contribution in [-0.2, 0) is 10.2 Å². The molecule has 28 heavy (non-hydrogen) atoms. The van der Waals surface area contributed by atoms with Gasteiger partial charge in [0.25, 0.3) is 0 Å². The van der Waals surface area contributed by atoms with Crippen LogP contribution in [0.15, 0.2) is 36.4 Å². The minimum atomic E-state index is -0.810. The van der Waals surface area contributed by atoms with Crippen LogP contribution in [0, 0.1) is 17.7 Å². The van der Waals surface area contributed by atoms with Crippen LogP contribution >= 0.6 is 0 Å². The molecular weight excluding hydrogens is 361 g/mol. The van der Waals surface area contributed by atoms with Crippen molar-refractivity contribution >= 4 is 6.09 Å². The molecule has 3 N–H and O–H groups in total. The summed E-state index contributed by atoms with van der Waals surface area (Å²) >= 11 is 0. The van der Waals surface area contributed by atoms with E-state index in [1.165, 1.54) is 12.1 Å². The van der Waals surface area contributed by atoms with Gasteiger partial charge in [0.1, 0.15) is 18.5 Å². The topological polar surface area (TPSA) is 86.5 Å². The van der Waals surface area contributed by atoms with Crippen molar-refractivity contribution in [3.63, 3.8) is 0 Å². The predicted octanol–water partition coefficient (Wildman–Crippen LogP) is 2.86. The highest BCUT2D eigenvalue weighted by Crippen LogP contribution is 2.44. The molecule has 2 fully saturated rings. The first-order valence-electron chi connectivity index (χ1n) is 9.41. The Kier molecular flexibility index (Phi) is 4.71. The van der Waals surface area contributed by atoms with E-state index in [4.69, 9.17) is 15.2 Å². The van der Waals surface area contributed by atoms with E-state index in [1.807, 2.05) is 26.0 Å². The van der Waals surface area contributed by atoms with Crippen LogP contribution in [0.2, 0.25) is 0 Å². The van der Waals surface area contributed by atoms with Crippen molar-refractivity contribution in [2.45, 2.75) is 25.4 Å². The van der Waals surface area contributed by atoms with E-state index in [2.05, 4.69) is 10.3 Å². The predicted molar refractivity (Wildman–Crippen MR) is 102 cm³/mol. The summed E-state index contributed by atoms with van der Waals surface area (Å²) in [6.07, 6.45) is -0.634. The maximum atomic E-state index is 13.3. The number of primary amides is 1. The Bertz CT molecular complexity index is 875. The fraction of sp³-hybridized carbons (Fsp3) is 0.429. The summed E-state index contributed by atoms with van der Waals surface area (Å²) in [5, 5.41) is 3.35. The van der Waals surface area contributed by atoms with Crippen molar-refractivity contribution in [1.29, 1.82) is 0 Å². The highest BCUT2D eigenvalue weighted by Gasteiger charge is 2.55. The zero-order valence-corrected chi connectivity index (χ0v) is 15.9. The van der Waals surface area contributed by atoms with E-state index < -0.39 is 11.5 Å². The summed E-state index contributed by atoms with van der Waals surface area (Å²) in [4.78, 5) is 15.7. The van der Waals surface area contributed by atoms with E-state index in [1.54, 1.807) is 12.1 Å². The molecule has 1 aliphatic carbocycles. The van der Waals surface area contributed by atoms with Crippen LogP contribution in [0.4, 0.5) is 9.18 Å². The molecule has 2 heterocycles. The van der Waals surface area contributed by atoms with Crippen molar-refractivity contribution < 1.29 is 18.7 Å². The van der Waals surface area contributed by atoms with Gasteiger partial charge in [0.15, 0.2) is 0 Å². The number of pyridine rings is 1. The maximum absolute atomic E-state index is 13.3. The first-order valence-corrected chi connectivity index (χ1v) is 9.41. The van der Waals surface area contributed by atoms with Crippen LogP contribution in [-0.4, -0.2) is 36.9 Å². The molecule has 0 spiro atoms. The Labute approximate surface area is 163 Å². The lowest BCUT2D eigenvalue weighted by Crippen LogP contribution is -2.28. The quantitative estimate of drug-likeness (QED) is 0.799. The van der Waals surface area contributed by atoms with E-state index in [0.29, 0.717) is 23.4 Å². The molecule has 1 aliphatic heterocycles. The molecule has 7 heteroatoms. The number of carbonyl (C=O) groups is 1. The summed E-state index contributed by atoms with van der Waals surface area (Å²) in [5.74, 6) is 1.30. The van der Waals surface area contributed by atoms with Gasteiger partial charge in [0.05, 0.1) is 5.69 Å². The standard InChI is InChI=1S/C21H24FN3O3/c1-21(2,11-27-20(23)26)13-7-17(12-3-5-14(22)6-4-12)25-18(8-13)28-19-15-9-24-10-16(15)19/h3-8,15-16,19,24H,9-11H2,1-2H3,(H2,23,26)/t15-,16+,19-. The largest absolute Gasteiger partial charge is 0.474 e. The number of nitrogens with zero attached hydrogens (tertiary/aromatic N) is 1. The fourth-order valence-corrected chi connectivity index (χ4v) is 3.74. The van der Waals surface area contributed by atoms with E-state index in [9.17, 15) is 9.18 Å². The summed E-state index contributed by atoms with van der Waals surface area (Å²) in [6.45, 7) is 5.99. The highest BCUT2D eigenvalue weighted by molar-refractivity contribution is 5.65. The average Bonchev–Trinajstić information content (AvgIpc) is 3.08. The zero-order chi connectivity index (χ0) is 19.9. The van der Waals surface area contributed by atoms with Crippen LogP contribution in [0.25, 0.3) is 11.3 Å². The monoisotopic (exact) mass is 385 g/mol. The Morgan fingerprint density at radius 3 is 2.57 bits per heavy atom. The molecule has 148 valence electrons. The molecule has 1 aromatic heterocycles. The molecule has 1 aromatic carbocycles. The van der Waals surface area contributed by atoms with Gasteiger partial charge in [-0.2, -0.15) is 0 Å². The smallest absolute Gasteiger partial charge is 0.404 e. The van der Waals surface area contributed by atoms with E-state index in [-0.39, 0.29) is 18.5 Å². The number of fused-ring (bicyclic) bond motifs is 1. The molecule has 0 radical (unpaired) electrons. The second-order valence-corrected chi connectivity index (χ2v) is 8.15. The lowest BCUT2D eigenvalue weighted by Gasteiger charge is -2.25. The molecule has 3 atom stereocenters. The summed E-state index contributed by atoms with van der Waals surface area (Å²) < 4.78 is 24.5. The number of piperidine rings is 1. The lowest BCUT2D eigenvalue weighted by molar-refractivity contribution is 0.132. The number of nitrogens with two attached hydrogens (primary N) is 1. The zero-order valence-electron chi connectivity index (χ0n) is 15.9. The second-order valence-electron chi connectivity index (χ2n) is 8.15. The van der Waals surface area contributed by atoms with E-state index in [0.717, 1.165) is 24.2 Å². The third kappa shape index (κ3) is 3.80. The molecule has 1 amide bonds.